The molecule has 1 aliphatic carbocycles. The molecule has 4 heteroatoms. The molecule has 1 unspecified atom stereocenters. The van der Waals surface area contributed by atoms with Gasteiger partial charge in [0.15, 0.2) is 6.20 Å². The maximum absolute atomic E-state index is 6.57. The zero-order valence-corrected chi connectivity index (χ0v) is 28.8. The van der Waals surface area contributed by atoms with E-state index in [2.05, 4.69) is 177 Å². The molecule has 4 aliphatic rings. The number of furan rings is 1. The normalized spacial score (nSPS) is 17.5. The number of nitrogens with zero attached hydrogens (tertiary/aromatic N) is 3. The van der Waals surface area contributed by atoms with Crippen LogP contribution in [0.15, 0.2) is 168 Å². The number of pyridine rings is 3. The molecule has 8 heterocycles. The topological polar surface area (TPSA) is 26.1 Å². The highest BCUT2D eigenvalue weighted by Crippen LogP contribution is 2.66. The van der Waals surface area contributed by atoms with Crippen molar-refractivity contribution in [2.24, 2.45) is 0 Å². The summed E-state index contributed by atoms with van der Waals surface area (Å²) in [5.74, 6) is 0. The molecule has 11 aromatic rings. The summed E-state index contributed by atoms with van der Waals surface area (Å²) in [5.41, 5.74) is 18.9. The molecule has 0 fully saturated rings. The molecule has 5 aromatic heterocycles. The van der Waals surface area contributed by atoms with Crippen molar-refractivity contribution in [1.29, 1.82) is 0 Å². The van der Waals surface area contributed by atoms with Gasteiger partial charge in [0.1, 0.15) is 22.2 Å². The van der Waals surface area contributed by atoms with Gasteiger partial charge in [-0.1, -0.05) is 91.0 Å². The predicted molar refractivity (Wildman–Crippen MR) is 212 cm³/mol. The number of fused-ring (bicyclic) bond motifs is 18. The van der Waals surface area contributed by atoms with Gasteiger partial charge in [0.25, 0.3) is 0 Å². The van der Waals surface area contributed by atoms with Crippen LogP contribution in [0.3, 0.4) is 0 Å². The van der Waals surface area contributed by atoms with Crippen molar-refractivity contribution < 1.29 is 13.4 Å². The van der Waals surface area contributed by atoms with Crippen molar-refractivity contribution in [3.05, 3.63) is 197 Å². The second-order valence-electron chi connectivity index (χ2n) is 15.6. The first kappa shape index (κ1) is 26.7. The number of rotatable bonds is 0. The number of hydrogen-bond donors (Lipinski definition) is 0. The number of benzene rings is 6. The summed E-state index contributed by atoms with van der Waals surface area (Å²) in [6.07, 6.45) is 2.33. The Kier molecular flexibility index (Phi) is 4.17. The number of para-hydroxylation sites is 2. The molecule has 6 aromatic carbocycles. The molecular weight excluding hydrogens is 659 g/mol. The van der Waals surface area contributed by atoms with Gasteiger partial charge < -0.3 is 4.42 Å². The quantitative estimate of drug-likeness (QED) is 0.115. The third-order valence-electron chi connectivity index (χ3n) is 13.6. The van der Waals surface area contributed by atoms with E-state index in [-0.39, 0.29) is 0 Å². The van der Waals surface area contributed by atoms with E-state index in [0.717, 1.165) is 27.5 Å². The smallest absolute Gasteiger partial charge is 0.309 e. The maximum Gasteiger partial charge on any atom is 0.309 e. The van der Waals surface area contributed by atoms with Gasteiger partial charge in [-0.3, -0.25) is 4.57 Å². The summed E-state index contributed by atoms with van der Waals surface area (Å²) >= 11 is 0. The highest BCUT2D eigenvalue weighted by molar-refractivity contribution is 6.19. The van der Waals surface area contributed by atoms with Crippen LogP contribution in [0.5, 0.6) is 0 Å². The first-order chi connectivity index (χ1) is 26.8. The van der Waals surface area contributed by atoms with Crippen LogP contribution in [0, 0.1) is 0 Å². The fourth-order valence-corrected chi connectivity index (χ4v) is 11.9. The lowest BCUT2D eigenvalue weighted by Crippen LogP contribution is -2.62. The summed E-state index contributed by atoms with van der Waals surface area (Å²) in [7, 11) is 0. The van der Waals surface area contributed by atoms with E-state index in [1.807, 2.05) is 0 Å². The largest absolute Gasteiger partial charge is 0.456 e. The average Bonchev–Trinajstić information content (AvgIpc) is 4.00. The molecule has 54 heavy (non-hydrogen) atoms. The lowest BCUT2D eigenvalue weighted by atomic mass is 9.63. The fourth-order valence-electron chi connectivity index (χ4n) is 11.9. The van der Waals surface area contributed by atoms with Crippen molar-refractivity contribution >= 4 is 60.2 Å². The van der Waals surface area contributed by atoms with Gasteiger partial charge >= 0.3 is 5.66 Å². The molecule has 0 radical (unpaired) electrons. The highest BCUT2D eigenvalue weighted by Gasteiger charge is 2.69. The SMILES string of the molecule is c1ccc2c(c1)-c1ccccc1C21c2cccc3c2C2(c4c5ccccc5[n+]5c6cc7oc8ccccc8c7cc6c6ccc1n2c6c45)[n+]1ccccc1-3. The van der Waals surface area contributed by atoms with Crippen LogP contribution < -0.4 is 8.97 Å². The van der Waals surface area contributed by atoms with Gasteiger partial charge in [0.2, 0.25) is 22.2 Å². The Bertz CT molecular complexity index is 3600. The first-order valence-corrected chi connectivity index (χ1v) is 18.9. The molecule has 0 amide bonds. The second kappa shape index (κ2) is 8.43. The Morgan fingerprint density at radius 2 is 1.20 bits per heavy atom. The Labute approximate surface area is 308 Å². The van der Waals surface area contributed by atoms with Gasteiger partial charge in [-0.15, -0.1) is 4.40 Å². The van der Waals surface area contributed by atoms with Crippen LogP contribution in [0.4, 0.5) is 0 Å². The van der Waals surface area contributed by atoms with Crippen molar-refractivity contribution in [3.8, 4) is 22.4 Å². The first-order valence-electron chi connectivity index (χ1n) is 18.9. The molecule has 246 valence electrons. The Morgan fingerprint density at radius 3 is 2.07 bits per heavy atom. The van der Waals surface area contributed by atoms with Crippen LogP contribution in [0.25, 0.3) is 82.5 Å². The van der Waals surface area contributed by atoms with Crippen LogP contribution in [0.2, 0.25) is 0 Å². The Balaban J connectivity index is 1.27. The zero-order valence-electron chi connectivity index (χ0n) is 28.8. The van der Waals surface area contributed by atoms with Gasteiger partial charge in [-0.25, -0.2) is 0 Å². The van der Waals surface area contributed by atoms with E-state index in [1.54, 1.807) is 0 Å². The summed E-state index contributed by atoms with van der Waals surface area (Å²) in [4.78, 5) is 0. The van der Waals surface area contributed by atoms with E-state index in [0.29, 0.717) is 0 Å². The molecule has 0 saturated carbocycles. The van der Waals surface area contributed by atoms with E-state index in [9.17, 15) is 0 Å². The van der Waals surface area contributed by atoms with Crippen LogP contribution in [-0.4, -0.2) is 4.57 Å². The summed E-state index contributed by atoms with van der Waals surface area (Å²) in [5, 5.41) is 6.06. The third-order valence-corrected chi connectivity index (χ3v) is 13.6. The number of hydrogen-bond acceptors (Lipinski definition) is 1. The molecule has 0 N–H and O–H groups in total. The minimum absolute atomic E-state index is 0.519. The minimum Gasteiger partial charge on any atom is -0.456 e. The minimum atomic E-state index is -0.644. The van der Waals surface area contributed by atoms with Gasteiger partial charge in [0, 0.05) is 40.1 Å². The maximum atomic E-state index is 6.57. The van der Waals surface area contributed by atoms with E-state index in [1.165, 1.54) is 88.6 Å². The molecule has 1 atom stereocenters. The molecule has 0 bridgehead atoms. The number of aromatic nitrogens is 3. The Morgan fingerprint density at radius 1 is 0.481 bits per heavy atom. The second-order valence-corrected chi connectivity index (χ2v) is 15.6. The highest BCUT2D eigenvalue weighted by atomic mass is 16.3. The summed E-state index contributed by atoms with van der Waals surface area (Å²) in [6.45, 7) is 0. The zero-order chi connectivity index (χ0) is 34.7. The van der Waals surface area contributed by atoms with Crippen LogP contribution in [-0.2, 0) is 11.1 Å². The molecule has 4 nitrogen and oxygen atoms in total. The predicted octanol–water partition coefficient (Wildman–Crippen LogP) is 10.1. The van der Waals surface area contributed by atoms with Gasteiger partial charge in [0.05, 0.1) is 33.4 Å². The van der Waals surface area contributed by atoms with Crippen LogP contribution in [0.1, 0.15) is 33.5 Å². The molecule has 3 aliphatic heterocycles. The average molecular weight is 686 g/mol. The van der Waals surface area contributed by atoms with Crippen molar-refractivity contribution in [2.45, 2.75) is 11.1 Å². The Hall–Kier alpha value is -7.04. The van der Waals surface area contributed by atoms with Crippen molar-refractivity contribution in [2.75, 3.05) is 0 Å². The van der Waals surface area contributed by atoms with Crippen LogP contribution >= 0.6 is 0 Å². The van der Waals surface area contributed by atoms with E-state index in [4.69, 9.17) is 4.42 Å². The summed E-state index contributed by atoms with van der Waals surface area (Å²) in [6, 6.07) is 59.2. The summed E-state index contributed by atoms with van der Waals surface area (Å²) < 4.78 is 14.5. The van der Waals surface area contributed by atoms with Gasteiger partial charge in [-0.2, -0.15) is 4.57 Å². The standard InChI is InChI=1S/C50H27N3O/c1-5-17-36-28(12-1)29-13-2-6-18-37(29)49(36)38-19-11-16-32-39-20-9-10-25-51(39)50(45(32)38)46-33-15-3-7-21-40(33)52-41-27-43-35(30-14-4-8-22-42(30)54-43)26-34(41)31-23-24-44(49)53(50)47(31)48(46)52/h1-27H/q+2. The van der Waals surface area contributed by atoms with E-state index >= 15 is 0 Å². The third kappa shape index (κ3) is 2.49. The van der Waals surface area contributed by atoms with Gasteiger partial charge in [-0.05, 0) is 70.3 Å². The van der Waals surface area contributed by atoms with E-state index < -0.39 is 11.1 Å². The lowest BCUT2D eigenvalue weighted by Gasteiger charge is -2.44. The molecule has 15 rings (SSSR count). The molecule has 0 saturated heterocycles. The molecular formula is C50H27N3O+2. The van der Waals surface area contributed by atoms with Crippen molar-refractivity contribution in [1.82, 2.24) is 4.57 Å². The lowest BCUT2D eigenvalue weighted by molar-refractivity contribution is -0.733. The molecule has 2 spiro atoms. The van der Waals surface area contributed by atoms with Crippen molar-refractivity contribution in [3.63, 3.8) is 0 Å². The fraction of sp³-hybridized carbons (Fsp3) is 0.0400. The monoisotopic (exact) mass is 685 g/mol.